The second-order valence-electron chi connectivity index (χ2n) is 6.03. The lowest BCUT2D eigenvalue weighted by Gasteiger charge is -2.15. The summed E-state index contributed by atoms with van der Waals surface area (Å²) in [5.74, 6) is -0.414. The van der Waals surface area contributed by atoms with Crippen LogP contribution in [0.1, 0.15) is 38.2 Å². The average molecular weight is 298 g/mol. The van der Waals surface area contributed by atoms with Crippen molar-refractivity contribution >= 4 is 17.6 Å². The van der Waals surface area contributed by atoms with Crippen LogP contribution >= 0.6 is 0 Å². The van der Waals surface area contributed by atoms with Crippen LogP contribution in [0.3, 0.4) is 0 Å². The first-order chi connectivity index (χ1) is 10.6. The zero-order valence-corrected chi connectivity index (χ0v) is 12.5. The van der Waals surface area contributed by atoms with Crippen LogP contribution in [0.5, 0.6) is 0 Å². The molecule has 0 saturated heterocycles. The predicted molar refractivity (Wildman–Crippen MR) is 79.9 cm³/mol. The third-order valence-electron chi connectivity index (χ3n) is 4.51. The van der Waals surface area contributed by atoms with E-state index in [1.807, 2.05) is 12.1 Å². The number of hydrogen-bond donors (Lipinski definition) is 1. The van der Waals surface area contributed by atoms with Crippen LogP contribution in [0, 0.1) is 16.7 Å². The van der Waals surface area contributed by atoms with Crippen molar-refractivity contribution in [3.8, 4) is 6.07 Å². The number of rotatable bonds is 5. The quantitative estimate of drug-likeness (QED) is 0.847. The fraction of sp³-hybridized carbons (Fsp3) is 0.471. The molecule has 1 aromatic rings. The molecular formula is C17H18N2O3. The van der Waals surface area contributed by atoms with Gasteiger partial charge in [0, 0.05) is 5.69 Å². The van der Waals surface area contributed by atoms with E-state index in [0.29, 0.717) is 25.1 Å². The lowest BCUT2D eigenvalue weighted by molar-refractivity contribution is -0.146. The molecule has 0 spiro atoms. The molecule has 1 aromatic carbocycles. The molecule has 3 rings (SSSR count). The molecule has 114 valence electrons. The van der Waals surface area contributed by atoms with E-state index in [0.717, 1.165) is 18.4 Å². The van der Waals surface area contributed by atoms with Crippen molar-refractivity contribution < 1.29 is 14.3 Å². The second-order valence-corrected chi connectivity index (χ2v) is 6.03. The first kappa shape index (κ1) is 14.6. The number of nitriles is 1. The van der Waals surface area contributed by atoms with Crippen LogP contribution in [0.4, 0.5) is 5.69 Å². The summed E-state index contributed by atoms with van der Waals surface area (Å²) in [6.45, 7) is 2.18. The number of carbonyl (C=O) groups excluding carboxylic acids is 2. The van der Waals surface area contributed by atoms with Gasteiger partial charge in [0.25, 0.3) is 0 Å². The Morgan fingerprint density at radius 2 is 1.86 bits per heavy atom. The summed E-state index contributed by atoms with van der Waals surface area (Å²) in [5.41, 5.74) is 0.241. The van der Waals surface area contributed by atoms with Gasteiger partial charge >= 0.3 is 5.97 Å². The van der Waals surface area contributed by atoms with E-state index in [9.17, 15) is 9.59 Å². The number of ether oxygens (including phenoxy) is 1. The van der Waals surface area contributed by atoms with Crippen molar-refractivity contribution in [1.29, 1.82) is 5.26 Å². The highest BCUT2D eigenvalue weighted by molar-refractivity contribution is 5.99. The second kappa shape index (κ2) is 5.13. The molecule has 0 bridgehead atoms. The molecule has 22 heavy (non-hydrogen) atoms. The van der Waals surface area contributed by atoms with Crippen molar-refractivity contribution in [1.82, 2.24) is 0 Å². The molecule has 5 nitrogen and oxygen atoms in total. The Balaban J connectivity index is 1.70. The number of esters is 1. The molecule has 1 amide bonds. The van der Waals surface area contributed by atoms with Crippen LogP contribution < -0.4 is 5.32 Å². The van der Waals surface area contributed by atoms with Gasteiger partial charge in [-0.3, -0.25) is 9.59 Å². The molecule has 1 N–H and O–H groups in total. The predicted octanol–water partition coefficient (Wildman–Crippen LogP) is 2.52. The lowest BCUT2D eigenvalue weighted by atomic mass is 9.96. The number of hydrogen-bond acceptors (Lipinski definition) is 4. The molecule has 0 radical (unpaired) electrons. The van der Waals surface area contributed by atoms with Gasteiger partial charge in [-0.1, -0.05) is 12.1 Å². The normalized spacial score (nSPS) is 19.6. The fourth-order valence-electron chi connectivity index (χ4n) is 2.64. The molecule has 5 heteroatoms. The SMILES string of the molecule is CCOC(=O)C1(c2ccc(NC(=O)C3(C#N)CC3)cc2)CC1. The average Bonchev–Trinajstić information content (AvgIpc) is 3.41. The van der Waals surface area contributed by atoms with Gasteiger partial charge in [-0.25, -0.2) is 0 Å². The molecule has 0 heterocycles. The van der Waals surface area contributed by atoms with Gasteiger partial charge in [0.2, 0.25) is 5.91 Å². The summed E-state index contributed by atoms with van der Waals surface area (Å²) in [6, 6.07) is 9.33. The molecule has 0 aliphatic heterocycles. The van der Waals surface area contributed by atoms with E-state index in [4.69, 9.17) is 10.00 Å². The molecule has 0 atom stereocenters. The van der Waals surface area contributed by atoms with Crippen molar-refractivity contribution in [2.75, 3.05) is 11.9 Å². The largest absolute Gasteiger partial charge is 0.465 e. The number of amides is 1. The monoisotopic (exact) mass is 298 g/mol. The maximum Gasteiger partial charge on any atom is 0.316 e. The van der Waals surface area contributed by atoms with Gasteiger partial charge in [-0.15, -0.1) is 0 Å². The Labute approximate surface area is 129 Å². The van der Waals surface area contributed by atoms with Gasteiger partial charge in [-0.05, 0) is 50.3 Å². The van der Waals surface area contributed by atoms with Crippen molar-refractivity contribution in [2.45, 2.75) is 38.0 Å². The summed E-state index contributed by atoms with van der Waals surface area (Å²) >= 11 is 0. The Bertz CT molecular complexity index is 649. The highest BCUT2D eigenvalue weighted by Crippen LogP contribution is 2.49. The van der Waals surface area contributed by atoms with Crippen LogP contribution in [0.15, 0.2) is 24.3 Å². The Hall–Kier alpha value is -2.35. The summed E-state index contributed by atoms with van der Waals surface area (Å²) in [5, 5.41) is 11.8. The molecule has 0 unspecified atom stereocenters. The van der Waals surface area contributed by atoms with Crippen molar-refractivity contribution in [3.05, 3.63) is 29.8 Å². The minimum atomic E-state index is -0.832. The first-order valence-corrected chi connectivity index (χ1v) is 7.57. The van der Waals surface area contributed by atoms with E-state index in [1.165, 1.54) is 0 Å². The molecule has 2 fully saturated rings. The summed E-state index contributed by atoms with van der Waals surface area (Å²) < 4.78 is 5.14. The number of nitrogens with zero attached hydrogens (tertiary/aromatic N) is 1. The maximum atomic E-state index is 12.0. The molecule has 0 aromatic heterocycles. The van der Waals surface area contributed by atoms with E-state index in [-0.39, 0.29) is 11.9 Å². The lowest BCUT2D eigenvalue weighted by Crippen LogP contribution is -2.24. The van der Waals surface area contributed by atoms with Crippen molar-refractivity contribution in [3.63, 3.8) is 0 Å². The zero-order valence-electron chi connectivity index (χ0n) is 12.5. The highest BCUT2D eigenvalue weighted by Gasteiger charge is 2.53. The van der Waals surface area contributed by atoms with E-state index < -0.39 is 10.8 Å². The maximum absolute atomic E-state index is 12.0. The third-order valence-corrected chi connectivity index (χ3v) is 4.51. The molecule has 2 aliphatic carbocycles. The summed E-state index contributed by atoms with van der Waals surface area (Å²) in [7, 11) is 0. The highest BCUT2D eigenvalue weighted by atomic mass is 16.5. The van der Waals surface area contributed by atoms with Gasteiger partial charge in [-0.2, -0.15) is 5.26 Å². The fourth-order valence-corrected chi connectivity index (χ4v) is 2.64. The van der Waals surface area contributed by atoms with Gasteiger partial charge in [0.05, 0.1) is 18.1 Å². The Morgan fingerprint density at radius 1 is 1.23 bits per heavy atom. The molecular weight excluding hydrogens is 280 g/mol. The van der Waals surface area contributed by atoms with Gasteiger partial charge in [0.1, 0.15) is 5.41 Å². The van der Waals surface area contributed by atoms with Gasteiger partial charge < -0.3 is 10.1 Å². The smallest absolute Gasteiger partial charge is 0.316 e. The van der Waals surface area contributed by atoms with E-state index in [1.54, 1.807) is 19.1 Å². The minimum absolute atomic E-state index is 0.173. The zero-order chi connectivity index (χ0) is 15.8. The standard InChI is InChI=1S/C17H18N2O3/c1-2-22-15(21)17(9-10-17)12-3-5-13(6-4-12)19-14(20)16(11-18)7-8-16/h3-6H,2,7-10H2,1H3,(H,19,20). The van der Waals surface area contributed by atoms with E-state index in [2.05, 4.69) is 11.4 Å². The third kappa shape index (κ3) is 2.35. The topological polar surface area (TPSA) is 79.2 Å². The van der Waals surface area contributed by atoms with Crippen LogP contribution in [0.2, 0.25) is 0 Å². The van der Waals surface area contributed by atoms with Gasteiger partial charge in [0.15, 0.2) is 0 Å². The van der Waals surface area contributed by atoms with Crippen molar-refractivity contribution in [2.24, 2.45) is 5.41 Å². The van der Waals surface area contributed by atoms with Crippen LogP contribution in [-0.4, -0.2) is 18.5 Å². The Kier molecular flexibility index (Phi) is 3.40. The van der Waals surface area contributed by atoms with E-state index >= 15 is 0 Å². The molecule has 2 saturated carbocycles. The number of carbonyl (C=O) groups is 2. The minimum Gasteiger partial charge on any atom is -0.465 e. The number of benzene rings is 1. The summed E-state index contributed by atoms with van der Waals surface area (Å²) in [4.78, 5) is 24.0. The van der Waals surface area contributed by atoms with Crippen LogP contribution in [0.25, 0.3) is 0 Å². The van der Waals surface area contributed by atoms with Crippen LogP contribution in [-0.2, 0) is 19.7 Å². The molecule has 2 aliphatic rings. The number of nitrogens with one attached hydrogen (secondary N) is 1. The summed E-state index contributed by atoms with van der Waals surface area (Å²) in [6.07, 6.45) is 2.85. The number of anilines is 1. The first-order valence-electron chi connectivity index (χ1n) is 7.57. The Morgan fingerprint density at radius 3 is 2.32 bits per heavy atom.